The highest BCUT2D eigenvalue weighted by atomic mass is 32.1. The maximum Gasteiger partial charge on any atom is 0.333 e. The lowest BCUT2D eigenvalue weighted by molar-refractivity contribution is -0.144. The zero-order chi connectivity index (χ0) is 19.4. The number of ether oxygens (including phenoxy) is 2. The minimum absolute atomic E-state index is 0.191. The fraction of sp³-hybridized carbons (Fsp3) is 0.667. The Bertz CT molecular complexity index is 536. The Morgan fingerprint density at radius 2 is 1.65 bits per heavy atom. The van der Waals surface area contributed by atoms with Crippen LogP contribution in [0.15, 0.2) is 12.2 Å². The van der Waals surface area contributed by atoms with Crippen molar-refractivity contribution in [3.63, 3.8) is 0 Å². The van der Waals surface area contributed by atoms with E-state index in [9.17, 15) is 14.4 Å². The first-order valence-corrected chi connectivity index (χ1v) is 9.40. The van der Waals surface area contributed by atoms with Gasteiger partial charge in [0.1, 0.15) is 6.04 Å². The monoisotopic (exact) mass is 384 g/mol. The zero-order valence-electron chi connectivity index (χ0n) is 15.3. The van der Waals surface area contributed by atoms with Gasteiger partial charge in [0.25, 0.3) is 0 Å². The van der Waals surface area contributed by atoms with Gasteiger partial charge in [-0.1, -0.05) is 32.3 Å². The minimum Gasteiger partial charge on any atom is -0.466 e. The summed E-state index contributed by atoms with van der Waals surface area (Å²) in [7, 11) is 0. The molecular weight excluding hydrogens is 356 g/mol. The standard InChI is InChI=1S/C18H28N2O5S/c1-13(2)17(23)25-12-8-6-4-3-5-7-11-24-15(21)10-9-14-16(22)20-18(26)19-14/h14H,1,3-12H2,2H3,(H2,19,20,22,26). The Labute approximate surface area is 159 Å². The van der Waals surface area contributed by atoms with E-state index in [0.717, 1.165) is 38.5 Å². The predicted octanol–water partition coefficient (Wildman–Crippen LogP) is 2.14. The van der Waals surface area contributed by atoms with Crippen molar-refractivity contribution in [2.24, 2.45) is 0 Å². The Balaban J connectivity index is 1.89. The summed E-state index contributed by atoms with van der Waals surface area (Å²) in [6.07, 6.45) is 6.33. The van der Waals surface area contributed by atoms with E-state index in [0.29, 0.717) is 30.3 Å². The first-order chi connectivity index (χ1) is 12.4. The quantitative estimate of drug-likeness (QED) is 0.217. The SMILES string of the molecule is C=C(C)C(=O)OCCCCCCCCOC(=O)CCC1NC(=S)NC1=O. The first-order valence-electron chi connectivity index (χ1n) is 8.99. The number of amides is 1. The maximum absolute atomic E-state index is 11.6. The molecule has 1 unspecified atom stereocenters. The van der Waals surface area contributed by atoms with Gasteiger partial charge in [-0.15, -0.1) is 0 Å². The van der Waals surface area contributed by atoms with Crippen LogP contribution in [0.2, 0.25) is 0 Å². The summed E-state index contributed by atoms with van der Waals surface area (Å²) in [6, 6.07) is -0.440. The number of carbonyl (C=O) groups is 3. The number of rotatable bonds is 13. The molecule has 0 aliphatic carbocycles. The van der Waals surface area contributed by atoms with Gasteiger partial charge in [-0.05, 0) is 38.4 Å². The van der Waals surface area contributed by atoms with E-state index in [4.69, 9.17) is 21.7 Å². The molecule has 146 valence electrons. The molecule has 1 heterocycles. The molecule has 0 aromatic heterocycles. The molecule has 26 heavy (non-hydrogen) atoms. The van der Waals surface area contributed by atoms with E-state index >= 15 is 0 Å². The van der Waals surface area contributed by atoms with E-state index in [1.165, 1.54) is 0 Å². The van der Waals surface area contributed by atoms with Crippen LogP contribution in [0.3, 0.4) is 0 Å². The van der Waals surface area contributed by atoms with Crippen LogP contribution in [0, 0.1) is 0 Å². The Kier molecular flexibility index (Phi) is 10.5. The molecule has 0 radical (unpaired) electrons. The van der Waals surface area contributed by atoms with Crippen molar-refractivity contribution in [3.05, 3.63) is 12.2 Å². The lowest BCUT2D eigenvalue weighted by Gasteiger charge is -2.08. The van der Waals surface area contributed by atoms with E-state index in [1.807, 2.05) is 0 Å². The second-order valence-electron chi connectivity index (χ2n) is 6.31. The van der Waals surface area contributed by atoms with Crippen molar-refractivity contribution < 1.29 is 23.9 Å². The van der Waals surface area contributed by atoms with E-state index in [1.54, 1.807) is 6.92 Å². The van der Waals surface area contributed by atoms with Crippen LogP contribution >= 0.6 is 12.2 Å². The summed E-state index contributed by atoms with van der Waals surface area (Å²) in [4.78, 5) is 34.2. The van der Waals surface area contributed by atoms with Crippen LogP contribution in [-0.2, 0) is 23.9 Å². The summed E-state index contributed by atoms with van der Waals surface area (Å²) in [5, 5.41) is 5.60. The van der Waals surface area contributed by atoms with Gasteiger partial charge in [-0.2, -0.15) is 0 Å². The summed E-state index contributed by atoms with van der Waals surface area (Å²) < 4.78 is 10.2. The van der Waals surface area contributed by atoms with Crippen LogP contribution in [0.25, 0.3) is 0 Å². The molecule has 7 nitrogen and oxygen atoms in total. The lowest BCUT2D eigenvalue weighted by atomic mass is 10.1. The van der Waals surface area contributed by atoms with Crippen molar-refractivity contribution in [1.82, 2.24) is 10.6 Å². The molecule has 0 saturated carbocycles. The van der Waals surface area contributed by atoms with Crippen LogP contribution < -0.4 is 10.6 Å². The smallest absolute Gasteiger partial charge is 0.333 e. The van der Waals surface area contributed by atoms with Gasteiger partial charge in [0.15, 0.2) is 5.11 Å². The van der Waals surface area contributed by atoms with Crippen LogP contribution in [0.4, 0.5) is 0 Å². The molecular formula is C18H28N2O5S. The summed E-state index contributed by atoms with van der Waals surface area (Å²) in [5.41, 5.74) is 0.422. The van der Waals surface area contributed by atoms with Gasteiger partial charge < -0.3 is 20.1 Å². The van der Waals surface area contributed by atoms with Gasteiger partial charge in [0.05, 0.1) is 13.2 Å². The number of unbranched alkanes of at least 4 members (excludes halogenated alkanes) is 5. The fourth-order valence-corrected chi connectivity index (χ4v) is 2.62. The predicted molar refractivity (Wildman–Crippen MR) is 101 cm³/mol. The second-order valence-corrected chi connectivity index (χ2v) is 6.72. The number of thiocarbonyl (C=S) groups is 1. The lowest BCUT2D eigenvalue weighted by Crippen LogP contribution is -2.29. The molecule has 0 aromatic carbocycles. The molecule has 1 saturated heterocycles. The van der Waals surface area contributed by atoms with Gasteiger partial charge in [0, 0.05) is 12.0 Å². The molecule has 8 heteroatoms. The van der Waals surface area contributed by atoms with Crippen molar-refractivity contribution in [2.45, 2.75) is 64.3 Å². The average Bonchev–Trinajstić information content (AvgIpc) is 2.91. The third-order valence-corrected chi connectivity index (χ3v) is 4.10. The Morgan fingerprint density at radius 1 is 1.08 bits per heavy atom. The minimum atomic E-state index is -0.440. The molecule has 1 aliphatic rings. The van der Waals surface area contributed by atoms with Crippen molar-refractivity contribution >= 4 is 35.2 Å². The molecule has 1 atom stereocenters. The van der Waals surface area contributed by atoms with Gasteiger partial charge in [-0.25, -0.2) is 4.79 Å². The van der Waals surface area contributed by atoms with Crippen LogP contribution in [0.1, 0.15) is 58.3 Å². The van der Waals surface area contributed by atoms with E-state index in [2.05, 4.69) is 17.2 Å². The number of nitrogens with one attached hydrogen (secondary N) is 2. The molecule has 1 rings (SSSR count). The highest BCUT2D eigenvalue weighted by Crippen LogP contribution is 2.08. The third kappa shape index (κ3) is 9.50. The zero-order valence-corrected chi connectivity index (χ0v) is 16.1. The average molecular weight is 384 g/mol. The van der Waals surface area contributed by atoms with E-state index in [-0.39, 0.29) is 24.3 Å². The van der Waals surface area contributed by atoms with Crippen molar-refractivity contribution in [1.29, 1.82) is 0 Å². The molecule has 0 spiro atoms. The molecule has 2 N–H and O–H groups in total. The van der Waals surface area contributed by atoms with Gasteiger partial charge >= 0.3 is 11.9 Å². The molecule has 1 fully saturated rings. The van der Waals surface area contributed by atoms with Crippen molar-refractivity contribution in [3.8, 4) is 0 Å². The normalized spacial score (nSPS) is 16.0. The Hall–Kier alpha value is -1.96. The van der Waals surface area contributed by atoms with Gasteiger partial charge in [0.2, 0.25) is 5.91 Å². The Morgan fingerprint density at radius 3 is 2.19 bits per heavy atom. The van der Waals surface area contributed by atoms with Crippen molar-refractivity contribution in [2.75, 3.05) is 13.2 Å². The molecule has 1 aliphatic heterocycles. The third-order valence-electron chi connectivity index (χ3n) is 3.88. The molecule has 1 amide bonds. The molecule has 0 aromatic rings. The number of hydrogen-bond acceptors (Lipinski definition) is 6. The largest absolute Gasteiger partial charge is 0.466 e. The summed E-state index contributed by atoms with van der Waals surface area (Å²) in [5.74, 6) is -0.826. The highest BCUT2D eigenvalue weighted by Gasteiger charge is 2.27. The first kappa shape index (κ1) is 22.1. The number of hydrogen-bond donors (Lipinski definition) is 2. The number of carbonyl (C=O) groups excluding carboxylic acids is 3. The number of esters is 2. The summed E-state index contributed by atoms with van der Waals surface area (Å²) >= 11 is 4.83. The van der Waals surface area contributed by atoms with Gasteiger partial charge in [-0.3, -0.25) is 9.59 Å². The maximum atomic E-state index is 11.6. The molecule has 0 bridgehead atoms. The highest BCUT2D eigenvalue weighted by molar-refractivity contribution is 7.80. The fourth-order valence-electron chi connectivity index (χ4n) is 2.38. The summed E-state index contributed by atoms with van der Waals surface area (Å²) in [6.45, 7) is 5.99. The second kappa shape index (κ2) is 12.4. The van der Waals surface area contributed by atoms with E-state index < -0.39 is 6.04 Å². The van der Waals surface area contributed by atoms with Crippen LogP contribution in [0.5, 0.6) is 0 Å². The van der Waals surface area contributed by atoms with Crippen LogP contribution in [-0.4, -0.2) is 42.2 Å². The topological polar surface area (TPSA) is 93.7 Å².